The Morgan fingerprint density at radius 2 is 1.67 bits per heavy atom. The van der Waals surface area contributed by atoms with Gasteiger partial charge in [0.2, 0.25) is 18.2 Å². The molecule has 0 spiro atoms. The summed E-state index contributed by atoms with van der Waals surface area (Å²) in [4.78, 5) is 40.2. The van der Waals surface area contributed by atoms with Crippen LogP contribution in [0, 0.1) is 17.8 Å². The number of carbonyl (C=O) groups excluding carboxylic acids is 3. The van der Waals surface area contributed by atoms with Crippen molar-refractivity contribution in [2.24, 2.45) is 17.8 Å². The van der Waals surface area contributed by atoms with Gasteiger partial charge >= 0.3 is 0 Å². The van der Waals surface area contributed by atoms with Crippen LogP contribution in [-0.4, -0.2) is 64.2 Å². The minimum Gasteiger partial charge on any atom is -0.508 e. The quantitative estimate of drug-likeness (QED) is 0.217. The molecular formula is C31H41N3O5. The molecule has 3 N–H and O–H groups in total. The molecule has 0 radical (unpaired) electrons. The normalized spacial score (nSPS) is 17.9. The van der Waals surface area contributed by atoms with E-state index < -0.39 is 12.0 Å². The molecule has 3 amide bonds. The maximum Gasteiger partial charge on any atom is 0.245 e. The summed E-state index contributed by atoms with van der Waals surface area (Å²) in [7, 11) is 0. The predicted octanol–water partition coefficient (Wildman–Crippen LogP) is 3.94. The molecular weight excluding hydrogens is 494 g/mol. The van der Waals surface area contributed by atoms with Crippen LogP contribution in [0.2, 0.25) is 0 Å². The lowest BCUT2D eigenvalue weighted by Gasteiger charge is -2.35. The molecule has 2 aliphatic rings. The van der Waals surface area contributed by atoms with Crippen molar-refractivity contribution < 1.29 is 24.7 Å². The number of hydrogen-bond donors (Lipinski definition) is 3. The Hall–Kier alpha value is -3.39. The highest BCUT2D eigenvalue weighted by molar-refractivity contribution is 5.89. The van der Waals surface area contributed by atoms with Gasteiger partial charge in [0.1, 0.15) is 11.8 Å². The zero-order valence-corrected chi connectivity index (χ0v) is 22.6. The lowest BCUT2D eigenvalue weighted by atomic mass is 9.89. The monoisotopic (exact) mass is 535 g/mol. The molecule has 1 saturated carbocycles. The van der Waals surface area contributed by atoms with E-state index in [0.29, 0.717) is 42.8 Å². The van der Waals surface area contributed by atoms with Crippen LogP contribution in [0.5, 0.6) is 5.75 Å². The third-order valence-electron chi connectivity index (χ3n) is 8.25. The van der Waals surface area contributed by atoms with E-state index in [9.17, 15) is 24.7 Å². The number of phenols is 1. The topological polar surface area (TPSA) is 110 Å². The number of likely N-dealkylation sites (tertiary alicyclic amines) is 1. The summed E-state index contributed by atoms with van der Waals surface area (Å²) < 4.78 is 0. The molecule has 2 fully saturated rings. The van der Waals surface area contributed by atoms with Crippen LogP contribution >= 0.6 is 0 Å². The SMILES string of the molecule is O=CN(O)CC(CC1CCCC1)C(=O)NC(Cc1cccc(O)c1)C(=O)N1CCC(Cc2ccccc2)CC1. The summed E-state index contributed by atoms with van der Waals surface area (Å²) in [6.07, 6.45) is 8.20. The summed E-state index contributed by atoms with van der Waals surface area (Å²) >= 11 is 0. The summed E-state index contributed by atoms with van der Waals surface area (Å²) in [5, 5.41) is 23.3. The Bertz CT molecular complexity index is 1080. The standard InChI is InChI=1S/C31H41N3O5/c35-22-34(39)21-27(18-24-9-4-5-10-24)30(37)32-29(20-26-11-6-12-28(36)19-26)31(38)33-15-13-25(14-16-33)17-23-7-2-1-3-8-23/h1-3,6-8,11-12,19,22,24-25,27,29,36,39H,4-5,9-10,13-18,20-21H2,(H,32,37). The van der Waals surface area contributed by atoms with E-state index >= 15 is 0 Å². The fourth-order valence-electron chi connectivity index (χ4n) is 6.12. The summed E-state index contributed by atoms with van der Waals surface area (Å²) in [5.74, 6) is -0.108. The molecule has 1 aliphatic carbocycles. The largest absolute Gasteiger partial charge is 0.508 e. The van der Waals surface area contributed by atoms with E-state index in [2.05, 4.69) is 17.4 Å². The molecule has 8 nitrogen and oxygen atoms in total. The van der Waals surface area contributed by atoms with Crippen molar-refractivity contribution in [3.63, 3.8) is 0 Å². The van der Waals surface area contributed by atoms with E-state index in [1.807, 2.05) is 29.2 Å². The van der Waals surface area contributed by atoms with Crippen molar-refractivity contribution in [2.45, 2.75) is 63.8 Å². The smallest absolute Gasteiger partial charge is 0.245 e. The lowest BCUT2D eigenvalue weighted by molar-refractivity contribution is -0.155. The first-order valence-corrected chi connectivity index (χ1v) is 14.2. The van der Waals surface area contributed by atoms with Gasteiger partial charge in [-0.1, -0.05) is 68.1 Å². The average Bonchev–Trinajstić information content (AvgIpc) is 3.46. The first-order valence-electron chi connectivity index (χ1n) is 14.2. The van der Waals surface area contributed by atoms with Gasteiger partial charge in [0.05, 0.1) is 12.5 Å². The number of hydrogen-bond acceptors (Lipinski definition) is 5. The van der Waals surface area contributed by atoms with E-state index in [0.717, 1.165) is 50.5 Å². The molecule has 0 aromatic heterocycles. The van der Waals surface area contributed by atoms with Gasteiger partial charge in [-0.15, -0.1) is 0 Å². The Morgan fingerprint density at radius 3 is 2.33 bits per heavy atom. The van der Waals surface area contributed by atoms with Crippen LogP contribution in [0.15, 0.2) is 54.6 Å². The molecule has 4 rings (SSSR count). The van der Waals surface area contributed by atoms with E-state index in [1.54, 1.807) is 18.2 Å². The van der Waals surface area contributed by atoms with E-state index in [4.69, 9.17) is 0 Å². The summed E-state index contributed by atoms with van der Waals surface area (Å²) in [6.45, 7) is 1.15. The number of hydroxylamine groups is 2. The number of piperidine rings is 1. The molecule has 210 valence electrons. The highest BCUT2D eigenvalue weighted by Gasteiger charge is 2.33. The van der Waals surface area contributed by atoms with Gasteiger partial charge < -0.3 is 15.3 Å². The number of carbonyl (C=O) groups is 3. The molecule has 39 heavy (non-hydrogen) atoms. The van der Waals surface area contributed by atoms with Crippen molar-refractivity contribution in [1.29, 1.82) is 0 Å². The van der Waals surface area contributed by atoms with Crippen LogP contribution in [-0.2, 0) is 27.2 Å². The zero-order chi connectivity index (χ0) is 27.6. The number of rotatable bonds is 12. The molecule has 1 heterocycles. The highest BCUT2D eigenvalue weighted by Crippen LogP contribution is 2.31. The van der Waals surface area contributed by atoms with Gasteiger partial charge in [-0.05, 0) is 60.8 Å². The molecule has 2 atom stereocenters. The fourth-order valence-corrected chi connectivity index (χ4v) is 6.12. The Labute approximate surface area is 231 Å². The second-order valence-electron chi connectivity index (χ2n) is 11.2. The third-order valence-corrected chi connectivity index (χ3v) is 8.25. The summed E-state index contributed by atoms with van der Waals surface area (Å²) in [6, 6.07) is 16.3. The first-order chi connectivity index (χ1) is 18.9. The molecule has 2 unspecified atom stereocenters. The van der Waals surface area contributed by atoms with Crippen molar-refractivity contribution in [3.05, 3.63) is 65.7 Å². The van der Waals surface area contributed by atoms with E-state index in [1.165, 1.54) is 5.56 Å². The maximum atomic E-state index is 13.8. The molecule has 1 saturated heterocycles. The van der Waals surface area contributed by atoms with Crippen molar-refractivity contribution in [1.82, 2.24) is 15.3 Å². The first kappa shape index (κ1) is 28.6. The molecule has 8 heteroatoms. The minimum atomic E-state index is -0.806. The number of nitrogens with zero attached hydrogens (tertiary/aromatic N) is 2. The summed E-state index contributed by atoms with van der Waals surface area (Å²) in [5.41, 5.74) is 2.05. The van der Waals surface area contributed by atoms with Crippen molar-refractivity contribution >= 4 is 18.2 Å². The number of nitrogens with one attached hydrogen (secondary N) is 1. The van der Waals surface area contributed by atoms with Gasteiger partial charge in [0, 0.05) is 19.5 Å². The molecule has 0 bridgehead atoms. The number of phenolic OH excluding ortho intramolecular Hbond substituents is 1. The van der Waals surface area contributed by atoms with Crippen molar-refractivity contribution in [2.75, 3.05) is 19.6 Å². The van der Waals surface area contributed by atoms with Gasteiger partial charge in [-0.2, -0.15) is 0 Å². The van der Waals surface area contributed by atoms with Gasteiger partial charge in [0.25, 0.3) is 0 Å². The predicted molar refractivity (Wildman–Crippen MR) is 148 cm³/mol. The molecule has 2 aromatic rings. The van der Waals surface area contributed by atoms with Crippen LogP contribution in [0.1, 0.15) is 56.1 Å². The Kier molecular flexibility index (Phi) is 10.4. The van der Waals surface area contributed by atoms with Crippen LogP contribution in [0.25, 0.3) is 0 Å². The van der Waals surface area contributed by atoms with Crippen LogP contribution in [0.4, 0.5) is 0 Å². The molecule has 1 aliphatic heterocycles. The lowest BCUT2D eigenvalue weighted by Crippen LogP contribution is -2.53. The maximum absolute atomic E-state index is 13.8. The minimum absolute atomic E-state index is 0.104. The Balaban J connectivity index is 1.44. The number of amides is 3. The number of aromatic hydroxyl groups is 1. The average molecular weight is 536 g/mol. The fraction of sp³-hybridized carbons (Fsp3) is 0.516. The molecule has 2 aromatic carbocycles. The van der Waals surface area contributed by atoms with Gasteiger partial charge in [-0.3, -0.25) is 19.6 Å². The third kappa shape index (κ3) is 8.55. The zero-order valence-electron chi connectivity index (χ0n) is 22.6. The Morgan fingerprint density at radius 1 is 0.974 bits per heavy atom. The number of benzene rings is 2. The second-order valence-corrected chi connectivity index (χ2v) is 11.2. The van der Waals surface area contributed by atoms with Crippen LogP contribution < -0.4 is 5.32 Å². The van der Waals surface area contributed by atoms with Gasteiger partial charge in [-0.25, -0.2) is 5.06 Å². The van der Waals surface area contributed by atoms with Gasteiger partial charge in [0.15, 0.2) is 0 Å². The second kappa shape index (κ2) is 14.1. The van der Waals surface area contributed by atoms with Crippen LogP contribution in [0.3, 0.4) is 0 Å². The highest BCUT2D eigenvalue weighted by atomic mass is 16.5. The van der Waals surface area contributed by atoms with E-state index in [-0.39, 0.29) is 30.5 Å². The van der Waals surface area contributed by atoms with Crippen molar-refractivity contribution in [3.8, 4) is 5.75 Å².